The van der Waals surface area contributed by atoms with Crippen molar-refractivity contribution < 1.29 is 23.8 Å². The standard InChI is InChI=1S/C25H45NO5/c1-4-7-8-9-10-11-12-13-14-15-16-19-24(27)29-22-18-23-31-25(28)30-21-17-20-26(5-2)6-3/h4,8-9H,1,5-7,10-23H2,2-3H3/b9-8-. The summed E-state index contributed by atoms with van der Waals surface area (Å²) in [7, 11) is 0. The molecule has 0 unspecified atom stereocenters. The van der Waals surface area contributed by atoms with Crippen molar-refractivity contribution in [2.24, 2.45) is 0 Å². The Morgan fingerprint density at radius 1 is 0.774 bits per heavy atom. The Labute approximate surface area is 190 Å². The highest BCUT2D eigenvalue weighted by atomic mass is 16.7. The summed E-state index contributed by atoms with van der Waals surface area (Å²) in [5, 5.41) is 0. The Hall–Kier alpha value is -1.82. The van der Waals surface area contributed by atoms with E-state index < -0.39 is 6.16 Å². The smallest absolute Gasteiger partial charge is 0.466 e. The van der Waals surface area contributed by atoms with E-state index in [9.17, 15) is 9.59 Å². The van der Waals surface area contributed by atoms with Gasteiger partial charge in [-0.15, -0.1) is 6.58 Å². The van der Waals surface area contributed by atoms with Crippen molar-refractivity contribution in [3.8, 4) is 0 Å². The lowest BCUT2D eigenvalue weighted by Gasteiger charge is -2.17. The van der Waals surface area contributed by atoms with Gasteiger partial charge in [0.2, 0.25) is 0 Å². The molecule has 0 aromatic carbocycles. The molecule has 0 aliphatic heterocycles. The van der Waals surface area contributed by atoms with E-state index in [1.807, 2.05) is 6.08 Å². The van der Waals surface area contributed by atoms with Crippen LogP contribution in [0, 0.1) is 0 Å². The number of carbonyl (C=O) groups excluding carboxylic acids is 2. The summed E-state index contributed by atoms with van der Waals surface area (Å²) in [5.41, 5.74) is 0. The van der Waals surface area contributed by atoms with Gasteiger partial charge >= 0.3 is 12.1 Å². The van der Waals surface area contributed by atoms with Gasteiger partial charge in [-0.1, -0.05) is 57.8 Å². The summed E-state index contributed by atoms with van der Waals surface area (Å²) in [5.74, 6) is -0.175. The molecule has 6 heteroatoms. The molecule has 0 aliphatic rings. The van der Waals surface area contributed by atoms with Crippen molar-refractivity contribution >= 4 is 12.1 Å². The average Bonchev–Trinajstić information content (AvgIpc) is 2.77. The number of nitrogens with zero attached hydrogens (tertiary/aromatic N) is 1. The second kappa shape index (κ2) is 22.9. The number of hydrogen-bond donors (Lipinski definition) is 0. The first-order valence-electron chi connectivity index (χ1n) is 12.1. The number of allylic oxidation sites excluding steroid dienone is 3. The summed E-state index contributed by atoms with van der Waals surface area (Å²) in [6.07, 6.45) is 16.2. The van der Waals surface area contributed by atoms with Gasteiger partial charge in [-0.05, 0) is 45.2 Å². The molecule has 0 saturated heterocycles. The Morgan fingerprint density at radius 2 is 1.39 bits per heavy atom. The van der Waals surface area contributed by atoms with Crippen LogP contribution in [0.2, 0.25) is 0 Å². The van der Waals surface area contributed by atoms with Gasteiger partial charge in [0.25, 0.3) is 0 Å². The third-order valence-corrected chi connectivity index (χ3v) is 4.98. The van der Waals surface area contributed by atoms with Crippen LogP contribution in [0.4, 0.5) is 4.79 Å². The fourth-order valence-electron chi connectivity index (χ4n) is 3.05. The van der Waals surface area contributed by atoms with Gasteiger partial charge in [-0.25, -0.2) is 4.79 Å². The highest BCUT2D eigenvalue weighted by Gasteiger charge is 2.06. The summed E-state index contributed by atoms with van der Waals surface area (Å²) in [4.78, 5) is 25.5. The predicted molar refractivity (Wildman–Crippen MR) is 126 cm³/mol. The number of unbranched alkanes of at least 4 members (excludes halogenated alkanes) is 6. The topological polar surface area (TPSA) is 65.1 Å². The van der Waals surface area contributed by atoms with Crippen LogP contribution in [0.5, 0.6) is 0 Å². The molecule has 0 N–H and O–H groups in total. The Kier molecular flexibility index (Phi) is 21.5. The van der Waals surface area contributed by atoms with Crippen molar-refractivity contribution in [3.63, 3.8) is 0 Å². The summed E-state index contributed by atoms with van der Waals surface area (Å²) >= 11 is 0. The van der Waals surface area contributed by atoms with E-state index >= 15 is 0 Å². The second-order valence-corrected chi connectivity index (χ2v) is 7.56. The number of rotatable bonds is 21. The second-order valence-electron chi connectivity index (χ2n) is 7.56. The van der Waals surface area contributed by atoms with Crippen molar-refractivity contribution in [3.05, 3.63) is 24.8 Å². The minimum absolute atomic E-state index is 0.175. The molecule has 180 valence electrons. The van der Waals surface area contributed by atoms with Gasteiger partial charge in [0, 0.05) is 19.4 Å². The van der Waals surface area contributed by atoms with Gasteiger partial charge < -0.3 is 19.1 Å². The molecule has 0 radical (unpaired) electrons. The first kappa shape index (κ1) is 29.2. The van der Waals surface area contributed by atoms with Crippen LogP contribution in [0.1, 0.15) is 84.5 Å². The van der Waals surface area contributed by atoms with E-state index in [0.29, 0.717) is 19.4 Å². The molecule has 0 rings (SSSR count). The Bertz CT molecular complexity index is 475. The SMILES string of the molecule is C=CC/C=C\CCCCCCCCC(=O)OCCCOC(=O)OCCCN(CC)CC. The van der Waals surface area contributed by atoms with Crippen molar-refractivity contribution in [1.29, 1.82) is 0 Å². The molecule has 0 aromatic heterocycles. The summed E-state index contributed by atoms with van der Waals surface area (Å²) in [6.45, 7) is 11.6. The molecule has 0 saturated carbocycles. The Balaban J connectivity index is 3.39. The zero-order valence-electron chi connectivity index (χ0n) is 19.9. The molecule has 0 fully saturated rings. The maximum absolute atomic E-state index is 11.7. The molecule has 6 nitrogen and oxygen atoms in total. The zero-order chi connectivity index (χ0) is 23.0. The molecule has 0 aliphatic carbocycles. The van der Waals surface area contributed by atoms with E-state index in [2.05, 4.69) is 37.5 Å². The normalized spacial score (nSPS) is 11.1. The van der Waals surface area contributed by atoms with Gasteiger partial charge in [-0.3, -0.25) is 4.79 Å². The number of hydrogen-bond acceptors (Lipinski definition) is 6. The van der Waals surface area contributed by atoms with Crippen LogP contribution in [0.25, 0.3) is 0 Å². The summed E-state index contributed by atoms with van der Waals surface area (Å²) < 4.78 is 15.2. The van der Waals surface area contributed by atoms with E-state index in [4.69, 9.17) is 14.2 Å². The van der Waals surface area contributed by atoms with E-state index in [1.54, 1.807) is 0 Å². The third kappa shape index (κ3) is 21.2. The third-order valence-electron chi connectivity index (χ3n) is 4.98. The molecule has 0 amide bonds. The van der Waals surface area contributed by atoms with Crippen LogP contribution < -0.4 is 0 Å². The van der Waals surface area contributed by atoms with Crippen LogP contribution in [0.3, 0.4) is 0 Å². The zero-order valence-corrected chi connectivity index (χ0v) is 19.9. The lowest BCUT2D eigenvalue weighted by atomic mass is 10.1. The number of ether oxygens (including phenoxy) is 3. The lowest BCUT2D eigenvalue weighted by molar-refractivity contribution is -0.144. The lowest BCUT2D eigenvalue weighted by Crippen LogP contribution is -2.25. The molecule has 0 atom stereocenters. The van der Waals surface area contributed by atoms with Gasteiger partial charge in [0.15, 0.2) is 0 Å². The minimum Gasteiger partial charge on any atom is -0.466 e. The molecule has 0 bridgehead atoms. The average molecular weight is 440 g/mol. The number of esters is 1. The fraction of sp³-hybridized carbons (Fsp3) is 0.760. The highest BCUT2D eigenvalue weighted by Crippen LogP contribution is 2.09. The van der Waals surface area contributed by atoms with Gasteiger partial charge in [-0.2, -0.15) is 0 Å². The van der Waals surface area contributed by atoms with E-state index in [-0.39, 0.29) is 19.2 Å². The van der Waals surface area contributed by atoms with Crippen LogP contribution >= 0.6 is 0 Å². The molecular formula is C25H45NO5. The minimum atomic E-state index is -0.654. The van der Waals surface area contributed by atoms with Gasteiger partial charge in [0.05, 0.1) is 19.8 Å². The van der Waals surface area contributed by atoms with Crippen LogP contribution in [-0.4, -0.2) is 56.5 Å². The molecule has 0 heterocycles. The fourth-order valence-corrected chi connectivity index (χ4v) is 3.05. The van der Waals surface area contributed by atoms with E-state index in [0.717, 1.165) is 58.2 Å². The maximum Gasteiger partial charge on any atom is 0.508 e. The molecular weight excluding hydrogens is 394 g/mol. The largest absolute Gasteiger partial charge is 0.508 e. The van der Waals surface area contributed by atoms with Crippen LogP contribution in [-0.2, 0) is 19.0 Å². The van der Waals surface area contributed by atoms with Crippen LogP contribution in [0.15, 0.2) is 24.8 Å². The maximum atomic E-state index is 11.7. The van der Waals surface area contributed by atoms with E-state index in [1.165, 1.54) is 19.3 Å². The van der Waals surface area contributed by atoms with Crippen molar-refractivity contribution in [1.82, 2.24) is 4.90 Å². The highest BCUT2D eigenvalue weighted by molar-refractivity contribution is 5.69. The first-order chi connectivity index (χ1) is 15.1. The first-order valence-corrected chi connectivity index (χ1v) is 12.1. The number of carbonyl (C=O) groups is 2. The van der Waals surface area contributed by atoms with Gasteiger partial charge in [0.1, 0.15) is 0 Å². The molecule has 31 heavy (non-hydrogen) atoms. The molecule has 0 aromatic rings. The monoisotopic (exact) mass is 439 g/mol. The Morgan fingerprint density at radius 3 is 2.06 bits per heavy atom. The van der Waals surface area contributed by atoms with Crippen molar-refractivity contribution in [2.75, 3.05) is 39.5 Å². The van der Waals surface area contributed by atoms with Crippen molar-refractivity contribution in [2.45, 2.75) is 84.5 Å². The summed E-state index contributed by atoms with van der Waals surface area (Å²) in [6, 6.07) is 0. The molecule has 0 spiro atoms. The predicted octanol–water partition coefficient (Wildman–Crippen LogP) is 6.06. The quantitative estimate of drug-likeness (QED) is 0.123.